The van der Waals surface area contributed by atoms with Crippen molar-refractivity contribution in [2.45, 2.75) is 0 Å². The van der Waals surface area contributed by atoms with E-state index in [1.807, 2.05) is 0 Å². The number of nitrogens with one attached hydrogen (secondary N) is 1. The summed E-state index contributed by atoms with van der Waals surface area (Å²) in [7, 11) is 1.34. The SMILES string of the molecule is COc1cc(/C=C(/NC(=O)c2ccc(Cl)cc2)C(=O)O)ccc1[O-]. The summed E-state index contributed by atoms with van der Waals surface area (Å²) in [4.78, 5) is 23.5. The van der Waals surface area contributed by atoms with Crippen molar-refractivity contribution in [1.29, 1.82) is 0 Å². The molecule has 0 aliphatic heterocycles. The Kier molecular flexibility index (Phi) is 5.44. The number of aliphatic carboxylic acids is 1. The lowest BCUT2D eigenvalue weighted by atomic mass is 10.1. The molecule has 0 saturated heterocycles. The van der Waals surface area contributed by atoms with Crippen molar-refractivity contribution in [1.82, 2.24) is 5.32 Å². The van der Waals surface area contributed by atoms with Crippen molar-refractivity contribution in [2.75, 3.05) is 7.11 Å². The molecule has 2 aromatic carbocycles. The topological polar surface area (TPSA) is 98.7 Å². The Balaban J connectivity index is 2.27. The Bertz CT molecular complexity index is 799. The number of methoxy groups -OCH3 is 1. The number of carboxylic acid groups (broad SMARTS) is 1. The molecule has 7 heteroatoms. The fourth-order valence-corrected chi connectivity index (χ4v) is 2.01. The fourth-order valence-electron chi connectivity index (χ4n) is 1.89. The first kappa shape index (κ1) is 17.4. The van der Waals surface area contributed by atoms with E-state index in [1.54, 1.807) is 0 Å². The summed E-state index contributed by atoms with van der Waals surface area (Å²) in [5, 5.41) is 23.5. The van der Waals surface area contributed by atoms with Crippen LogP contribution in [0.4, 0.5) is 0 Å². The van der Waals surface area contributed by atoms with Crippen LogP contribution in [0.15, 0.2) is 48.2 Å². The minimum atomic E-state index is -1.32. The molecule has 124 valence electrons. The van der Waals surface area contributed by atoms with E-state index in [0.29, 0.717) is 10.6 Å². The molecular formula is C17H13ClNO5-. The zero-order valence-electron chi connectivity index (χ0n) is 12.6. The highest BCUT2D eigenvalue weighted by Crippen LogP contribution is 2.24. The third-order valence-electron chi connectivity index (χ3n) is 3.08. The summed E-state index contributed by atoms with van der Waals surface area (Å²) >= 11 is 5.75. The highest BCUT2D eigenvalue weighted by molar-refractivity contribution is 6.30. The predicted octanol–water partition coefficient (Wildman–Crippen LogP) is 2.28. The number of carbonyl (C=O) groups excluding carboxylic acids is 1. The van der Waals surface area contributed by atoms with Gasteiger partial charge in [0.05, 0.1) is 7.11 Å². The van der Waals surface area contributed by atoms with Gasteiger partial charge in [-0.05, 0) is 42.0 Å². The summed E-state index contributed by atoms with van der Waals surface area (Å²) in [6, 6.07) is 10.1. The van der Waals surface area contributed by atoms with Crippen molar-refractivity contribution < 1.29 is 24.5 Å². The highest BCUT2D eigenvalue weighted by Gasteiger charge is 2.13. The second-order valence-electron chi connectivity index (χ2n) is 4.73. The quantitative estimate of drug-likeness (QED) is 0.809. The Morgan fingerprint density at radius 2 is 1.88 bits per heavy atom. The monoisotopic (exact) mass is 346 g/mol. The molecule has 2 N–H and O–H groups in total. The van der Waals surface area contributed by atoms with Gasteiger partial charge in [0, 0.05) is 10.6 Å². The van der Waals surface area contributed by atoms with Crippen molar-refractivity contribution >= 4 is 29.6 Å². The Morgan fingerprint density at radius 3 is 2.46 bits per heavy atom. The zero-order valence-corrected chi connectivity index (χ0v) is 13.3. The van der Waals surface area contributed by atoms with Gasteiger partial charge >= 0.3 is 5.97 Å². The van der Waals surface area contributed by atoms with Gasteiger partial charge in [-0.25, -0.2) is 4.79 Å². The maximum absolute atomic E-state index is 12.1. The van der Waals surface area contributed by atoms with Crippen LogP contribution in [-0.4, -0.2) is 24.1 Å². The maximum atomic E-state index is 12.1. The van der Waals surface area contributed by atoms with Crippen LogP contribution in [0, 0.1) is 0 Å². The molecule has 0 saturated carbocycles. The lowest BCUT2D eigenvalue weighted by Gasteiger charge is -2.12. The molecule has 6 nitrogen and oxygen atoms in total. The van der Waals surface area contributed by atoms with Crippen molar-refractivity contribution in [3.63, 3.8) is 0 Å². The number of benzene rings is 2. The van der Waals surface area contributed by atoms with E-state index < -0.39 is 11.9 Å². The standard InChI is InChI=1S/C17H14ClNO5/c1-24-15-9-10(2-7-14(15)20)8-13(17(22)23)19-16(21)11-3-5-12(18)6-4-11/h2-9,20H,1H3,(H,19,21)(H,22,23)/p-1/b13-8+. The van der Waals surface area contributed by atoms with Gasteiger partial charge in [-0.2, -0.15) is 0 Å². The van der Waals surface area contributed by atoms with Gasteiger partial charge in [-0.3, -0.25) is 4.79 Å². The first-order valence-corrected chi connectivity index (χ1v) is 7.15. The molecule has 0 spiro atoms. The summed E-state index contributed by atoms with van der Waals surface area (Å²) in [6.07, 6.45) is 1.23. The Hall–Kier alpha value is -2.99. The molecule has 0 atom stereocenters. The van der Waals surface area contributed by atoms with E-state index in [-0.39, 0.29) is 22.8 Å². The third-order valence-corrected chi connectivity index (χ3v) is 3.34. The summed E-state index contributed by atoms with van der Waals surface area (Å²) < 4.78 is 4.90. The Morgan fingerprint density at radius 1 is 1.21 bits per heavy atom. The lowest BCUT2D eigenvalue weighted by Crippen LogP contribution is -2.27. The number of carboxylic acids is 1. The van der Waals surface area contributed by atoms with Crippen molar-refractivity contribution in [3.05, 3.63) is 64.3 Å². The van der Waals surface area contributed by atoms with Gasteiger partial charge in [-0.1, -0.05) is 29.5 Å². The fraction of sp³-hybridized carbons (Fsp3) is 0.0588. The van der Waals surface area contributed by atoms with E-state index in [0.717, 1.165) is 0 Å². The normalized spacial score (nSPS) is 11.0. The van der Waals surface area contributed by atoms with Crippen LogP contribution in [0.25, 0.3) is 6.08 Å². The molecule has 2 aromatic rings. The first-order chi connectivity index (χ1) is 11.4. The van der Waals surface area contributed by atoms with E-state index in [1.165, 1.54) is 55.7 Å². The molecule has 1 amide bonds. The van der Waals surface area contributed by atoms with Crippen LogP contribution >= 0.6 is 11.6 Å². The lowest BCUT2D eigenvalue weighted by molar-refractivity contribution is -0.270. The molecule has 2 rings (SSSR count). The van der Waals surface area contributed by atoms with Crippen molar-refractivity contribution in [3.8, 4) is 11.5 Å². The van der Waals surface area contributed by atoms with Crippen molar-refractivity contribution in [2.24, 2.45) is 0 Å². The average molecular weight is 347 g/mol. The molecule has 24 heavy (non-hydrogen) atoms. The molecule has 0 bridgehead atoms. The molecule has 0 aromatic heterocycles. The summed E-state index contributed by atoms with van der Waals surface area (Å²) in [5.41, 5.74) is 0.329. The molecule has 0 aliphatic carbocycles. The number of amides is 1. The Labute approximate surface area is 143 Å². The molecule has 0 fully saturated rings. The number of carbonyl (C=O) groups is 2. The van der Waals surface area contributed by atoms with E-state index >= 15 is 0 Å². The summed E-state index contributed by atoms with van der Waals surface area (Å²) in [5.74, 6) is -2.15. The second-order valence-corrected chi connectivity index (χ2v) is 5.17. The van der Waals surface area contributed by atoms with E-state index in [9.17, 15) is 19.8 Å². The molecular weight excluding hydrogens is 334 g/mol. The third kappa shape index (κ3) is 4.27. The first-order valence-electron chi connectivity index (χ1n) is 6.77. The van der Waals surface area contributed by atoms with E-state index in [2.05, 4.69) is 5.32 Å². The van der Waals surface area contributed by atoms with E-state index in [4.69, 9.17) is 16.3 Å². The molecule has 0 unspecified atom stereocenters. The largest absolute Gasteiger partial charge is 0.870 e. The minimum Gasteiger partial charge on any atom is -0.870 e. The van der Waals surface area contributed by atoms with Gasteiger partial charge in [0.25, 0.3) is 5.91 Å². The maximum Gasteiger partial charge on any atom is 0.352 e. The number of rotatable bonds is 5. The number of hydrogen-bond donors (Lipinski definition) is 2. The number of halogens is 1. The van der Waals surface area contributed by atoms with Crippen LogP contribution in [0.2, 0.25) is 5.02 Å². The predicted molar refractivity (Wildman–Crippen MR) is 87.0 cm³/mol. The van der Waals surface area contributed by atoms with Crippen LogP contribution in [-0.2, 0) is 4.79 Å². The van der Waals surface area contributed by atoms with Gasteiger partial charge in [0.1, 0.15) is 11.4 Å². The van der Waals surface area contributed by atoms with Crippen LogP contribution < -0.4 is 15.2 Å². The summed E-state index contributed by atoms with van der Waals surface area (Å²) in [6.45, 7) is 0. The van der Waals surface area contributed by atoms with Crippen LogP contribution in [0.1, 0.15) is 15.9 Å². The zero-order chi connectivity index (χ0) is 17.7. The molecule has 0 aliphatic rings. The van der Waals surface area contributed by atoms with Gasteiger partial charge in [0.2, 0.25) is 0 Å². The highest BCUT2D eigenvalue weighted by atomic mass is 35.5. The number of hydrogen-bond acceptors (Lipinski definition) is 4. The smallest absolute Gasteiger partial charge is 0.352 e. The second kappa shape index (κ2) is 7.52. The van der Waals surface area contributed by atoms with Crippen LogP contribution in [0.5, 0.6) is 11.5 Å². The molecule has 0 radical (unpaired) electrons. The van der Waals surface area contributed by atoms with Crippen LogP contribution in [0.3, 0.4) is 0 Å². The van der Waals surface area contributed by atoms with Gasteiger partial charge < -0.3 is 20.3 Å². The molecule has 0 heterocycles. The van der Waals surface area contributed by atoms with Gasteiger partial charge in [-0.15, -0.1) is 0 Å². The minimum absolute atomic E-state index is 0.0810. The van der Waals surface area contributed by atoms with Gasteiger partial charge in [0.15, 0.2) is 0 Å². The average Bonchev–Trinajstić information content (AvgIpc) is 2.56. The number of ether oxygens (including phenoxy) is 1.